The molecular weight excluding hydrogens is 464 g/mol. The van der Waals surface area contributed by atoms with Crippen LogP contribution in [0.3, 0.4) is 0 Å². The van der Waals surface area contributed by atoms with Crippen molar-refractivity contribution in [1.82, 2.24) is 9.47 Å². The molecule has 1 aliphatic carbocycles. The highest BCUT2D eigenvalue weighted by atomic mass is 16.5. The number of hydrogen-bond donors (Lipinski definition) is 0. The first-order valence-corrected chi connectivity index (χ1v) is 14.8. The van der Waals surface area contributed by atoms with Crippen LogP contribution in [0.2, 0.25) is 0 Å². The van der Waals surface area contributed by atoms with Crippen LogP contribution in [-0.2, 0) is 22.4 Å². The van der Waals surface area contributed by atoms with Crippen molar-refractivity contribution >= 4 is 17.7 Å². The fourth-order valence-electron chi connectivity index (χ4n) is 6.26. The van der Waals surface area contributed by atoms with E-state index in [1.807, 2.05) is 25.3 Å². The van der Waals surface area contributed by atoms with Gasteiger partial charge in [-0.25, -0.2) is 0 Å². The molecule has 6 nitrogen and oxygen atoms in total. The Morgan fingerprint density at radius 1 is 1.05 bits per heavy atom. The van der Waals surface area contributed by atoms with E-state index in [9.17, 15) is 14.4 Å². The fourth-order valence-corrected chi connectivity index (χ4v) is 6.26. The van der Waals surface area contributed by atoms with Crippen molar-refractivity contribution in [2.45, 2.75) is 112 Å². The number of Topliss-reactive ketones (excluding diaryl/α,β-unsaturated/α-hetero) is 1. The van der Waals surface area contributed by atoms with Crippen LogP contribution in [0.15, 0.2) is 0 Å². The molecule has 0 bridgehead atoms. The molecule has 6 heteroatoms. The normalized spacial score (nSPS) is 20.0. The van der Waals surface area contributed by atoms with Crippen molar-refractivity contribution in [1.29, 1.82) is 0 Å². The minimum absolute atomic E-state index is 0.00301. The molecule has 0 N–H and O–H groups in total. The molecule has 0 radical (unpaired) electrons. The Labute approximate surface area is 224 Å². The average molecular weight is 515 g/mol. The van der Waals surface area contributed by atoms with Crippen LogP contribution in [0.4, 0.5) is 0 Å². The molecule has 2 atom stereocenters. The van der Waals surface area contributed by atoms with Gasteiger partial charge in [-0.2, -0.15) is 0 Å². The number of ether oxygens (including phenoxy) is 1. The number of hydrogen-bond acceptors (Lipinski definition) is 5. The Bertz CT molecular complexity index is 961. The highest BCUT2D eigenvalue weighted by molar-refractivity contribution is 6.04. The van der Waals surface area contributed by atoms with Gasteiger partial charge in [0.2, 0.25) is 5.91 Å². The summed E-state index contributed by atoms with van der Waals surface area (Å²) in [4.78, 5) is 42.0. The van der Waals surface area contributed by atoms with Gasteiger partial charge in [-0.15, -0.1) is 0 Å². The molecule has 0 saturated carbocycles. The van der Waals surface area contributed by atoms with E-state index >= 15 is 0 Å². The smallest absolute Gasteiger partial charge is 0.305 e. The predicted molar refractivity (Wildman–Crippen MR) is 148 cm³/mol. The Morgan fingerprint density at radius 3 is 2.41 bits per heavy atom. The van der Waals surface area contributed by atoms with Gasteiger partial charge in [0.15, 0.2) is 5.78 Å². The van der Waals surface area contributed by atoms with Gasteiger partial charge < -0.3 is 9.64 Å². The maximum atomic E-state index is 13.9. The van der Waals surface area contributed by atoms with Crippen molar-refractivity contribution in [3.05, 3.63) is 22.5 Å². The molecule has 0 aromatic carbocycles. The number of unbranched alkanes of at least 4 members (excludes halogenated alkanes) is 6. The van der Waals surface area contributed by atoms with Crippen molar-refractivity contribution in [2.24, 2.45) is 17.3 Å². The van der Waals surface area contributed by atoms with E-state index < -0.39 is 5.41 Å². The van der Waals surface area contributed by atoms with Gasteiger partial charge in [-0.1, -0.05) is 66.2 Å². The van der Waals surface area contributed by atoms with Crippen LogP contribution in [-0.4, -0.2) is 53.9 Å². The zero-order chi connectivity index (χ0) is 27.2. The van der Waals surface area contributed by atoms with Gasteiger partial charge in [0.25, 0.3) is 0 Å². The number of likely N-dealkylation sites (tertiary alicyclic amines) is 1. The minimum atomic E-state index is -0.700. The zero-order valence-electron chi connectivity index (χ0n) is 24.3. The highest BCUT2D eigenvalue weighted by Gasteiger charge is 2.44. The molecule has 2 heterocycles. The van der Waals surface area contributed by atoms with Crippen LogP contribution in [0, 0.1) is 24.2 Å². The number of fused-ring (bicyclic) bond motifs is 2. The highest BCUT2D eigenvalue weighted by Crippen LogP contribution is 2.40. The summed E-state index contributed by atoms with van der Waals surface area (Å²) >= 11 is 0. The second-order valence-corrected chi connectivity index (χ2v) is 12.1. The van der Waals surface area contributed by atoms with Crippen molar-refractivity contribution in [3.63, 3.8) is 0 Å². The van der Waals surface area contributed by atoms with Gasteiger partial charge in [0, 0.05) is 41.2 Å². The molecule has 3 rings (SSSR count). The molecule has 1 aromatic heterocycles. The minimum Gasteiger partial charge on any atom is -0.466 e. The van der Waals surface area contributed by atoms with Crippen molar-refractivity contribution in [2.75, 3.05) is 26.7 Å². The van der Waals surface area contributed by atoms with Crippen LogP contribution in [0.5, 0.6) is 0 Å². The third-order valence-electron chi connectivity index (χ3n) is 8.74. The topological polar surface area (TPSA) is 68.6 Å². The van der Waals surface area contributed by atoms with Gasteiger partial charge in [0.05, 0.1) is 6.61 Å². The fraction of sp³-hybridized carbons (Fsp3) is 0.774. The van der Waals surface area contributed by atoms with Crippen LogP contribution < -0.4 is 0 Å². The maximum Gasteiger partial charge on any atom is 0.305 e. The number of carbonyl (C=O) groups is 3. The lowest BCUT2D eigenvalue weighted by molar-refractivity contribution is -0.144. The monoisotopic (exact) mass is 514 g/mol. The van der Waals surface area contributed by atoms with E-state index in [1.54, 1.807) is 0 Å². The first-order chi connectivity index (χ1) is 17.6. The first kappa shape index (κ1) is 29.6. The summed E-state index contributed by atoms with van der Waals surface area (Å²) in [5, 5.41) is 0. The summed E-state index contributed by atoms with van der Waals surface area (Å²) in [5.74, 6) is 0.395. The predicted octanol–water partition coefficient (Wildman–Crippen LogP) is 6.41. The molecule has 1 fully saturated rings. The third-order valence-corrected chi connectivity index (χ3v) is 8.74. The Kier molecular flexibility index (Phi) is 10.6. The quantitative estimate of drug-likeness (QED) is 0.225. The molecule has 1 saturated heterocycles. The van der Waals surface area contributed by atoms with Crippen LogP contribution >= 0.6 is 0 Å². The van der Waals surface area contributed by atoms with E-state index in [4.69, 9.17) is 4.74 Å². The number of rotatable bonds is 13. The first-order valence-electron chi connectivity index (χ1n) is 14.8. The van der Waals surface area contributed by atoms with E-state index in [0.717, 1.165) is 67.7 Å². The van der Waals surface area contributed by atoms with E-state index in [1.165, 1.54) is 32.1 Å². The largest absolute Gasteiger partial charge is 0.466 e. The molecule has 1 aliphatic heterocycles. The molecular formula is C31H50N2O4. The molecule has 37 heavy (non-hydrogen) atoms. The summed E-state index contributed by atoms with van der Waals surface area (Å²) in [6.07, 6.45) is 11.6. The molecule has 1 aromatic rings. The van der Waals surface area contributed by atoms with E-state index in [0.29, 0.717) is 18.8 Å². The molecule has 2 aliphatic rings. The second-order valence-electron chi connectivity index (χ2n) is 12.1. The summed E-state index contributed by atoms with van der Waals surface area (Å²) in [6, 6.07) is 0. The van der Waals surface area contributed by atoms with Crippen LogP contribution in [0.25, 0.3) is 0 Å². The summed E-state index contributed by atoms with van der Waals surface area (Å²) in [6.45, 7) is 12.2. The van der Waals surface area contributed by atoms with Crippen LogP contribution in [0.1, 0.15) is 124 Å². The summed E-state index contributed by atoms with van der Waals surface area (Å²) < 4.78 is 7.37. The lowest BCUT2D eigenvalue weighted by Crippen LogP contribution is -2.46. The lowest BCUT2D eigenvalue weighted by Gasteiger charge is -2.39. The number of aromatic nitrogens is 1. The van der Waals surface area contributed by atoms with E-state index in [2.05, 4.69) is 25.8 Å². The number of piperidine rings is 1. The third kappa shape index (κ3) is 6.93. The standard InChI is InChI=1S/C31H50N2O4/c1-7-9-10-11-12-13-14-15-27(34)37-19-17-31(4,5)30(36)33-22(3)24(8-2)28-26(33)20-23-16-18-32(6)21-25(23)29(28)35/h23,25H,7-21H2,1-6H3. The van der Waals surface area contributed by atoms with Gasteiger partial charge >= 0.3 is 5.97 Å². The Hall–Kier alpha value is -1.95. The van der Waals surface area contributed by atoms with Gasteiger partial charge in [0.1, 0.15) is 0 Å². The number of esters is 1. The number of nitrogens with zero attached hydrogens (tertiary/aromatic N) is 2. The maximum absolute atomic E-state index is 13.9. The molecule has 2 unspecified atom stereocenters. The second kappa shape index (κ2) is 13.2. The average Bonchev–Trinajstić information content (AvgIpc) is 3.14. The summed E-state index contributed by atoms with van der Waals surface area (Å²) in [5.41, 5.74) is 2.95. The van der Waals surface area contributed by atoms with Crippen molar-refractivity contribution < 1.29 is 19.1 Å². The zero-order valence-corrected chi connectivity index (χ0v) is 24.3. The van der Waals surface area contributed by atoms with Gasteiger partial charge in [-0.3, -0.25) is 19.0 Å². The molecule has 0 amide bonds. The lowest BCUT2D eigenvalue weighted by atomic mass is 9.72. The molecule has 208 valence electrons. The van der Waals surface area contributed by atoms with Gasteiger partial charge in [-0.05, 0) is 64.1 Å². The summed E-state index contributed by atoms with van der Waals surface area (Å²) in [7, 11) is 2.09. The van der Waals surface area contributed by atoms with Crippen molar-refractivity contribution in [3.8, 4) is 0 Å². The number of carbonyl (C=O) groups excluding carboxylic acids is 3. The van der Waals surface area contributed by atoms with E-state index in [-0.39, 0.29) is 30.2 Å². The Morgan fingerprint density at radius 2 is 1.73 bits per heavy atom. The number of ketones is 1. The SMILES string of the molecule is CCCCCCCCCC(=O)OCCC(C)(C)C(=O)n1c(C)c(CC)c2c1CC1CCN(C)CC1C2=O. The molecule has 0 spiro atoms. The Balaban J connectivity index is 1.61.